The number of halogens is 1. The van der Waals surface area contributed by atoms with Gasteiger partial charge in [0, 0.05) is 17.1 Å². The van der Waals surface area contributed by atoms with Gasteiger partial charge in [-0.05, 0) is 86.1 Å². The minimum Gasteiger partial charge on any atom is -0.318 e. The monoisotopic (exact) mass is 447 g/mol. The van der Waals surface area contributed by atoms with E-state index in [4.69, 9.17) is 12.2 Å². The quantitative estimate of drug-likeness (QED) is 0.361. The average Bonchev–Trinajstić information content (AvgIpc) is 3.05. The lowest BCUT2D eigenvalue weighted by atomic mass is 10.1. The molecule has 0 unspecified atom stereocenters. The second kappa shape index (κ2) is 8.51. The number of hydrogen-bond acceptors (Lipinski definition) is 3. The van der Waals surface area contributed by atoms with E-state index in [0.29, 0.717) is 5.69 Å². The average molecular weight is 448 g/mol. The maximum atomic E-state index is 13.3. The molecule has 0 aliphatic carbocycles. The number of hydrogen-bond donors (Lipinski definition) is 1. The van der Waals surface area contributed by atoms with Crippen molar-refractivity contribution in [1.82, 2.24) is 9.88 Å². The largest absolute Gasteiger partial charge is 0.318 e. The number of thiocarbonyl (C=S) groups is 1. The third-order valence-corrected chi connectivity index (χ3v) is 5.85. The fraction of sp³-hybridized carbons (Fsp3) is 0.160. The molecule has 162 valence electrons. The van der Waals surface area contributed by atoms with Crippen LogP contribution in [0, 0.1) is 19.7 Å². The summed E-state index contributed by atoms with van der Waals surface area (Å²) in [5.41, 5.74) is 5.29. The van der Waals surface area contributed by atoms with Crippen LogP contribution < -0.4 is 10.2 Å². The highest BCUT2D eigenvalue weighted by Gasteiger charge is 2.34. The molecular weight excluding hydrogens is 425 g/mol. The summed E-state index contributed by atoms with van der Waals surface area (Å²) < 4.78 is 15.5. The van der Waals surface area contributed by atoms with Gasteiger partial charge in [0.2, 0.25) is 0 Å². The van der Waals surface area contributed by atoms with Crippen LogP contribution in [0.1, 0.15) is 29.4 Å². The summed E-state index contributed by atoms with van der Waals surface area (Å²) >= 11 is 5.20. The SMILES string of the molecule is CCc1ccccc1-n1c(C)cc(C=C2C(=O)NC(=S)N(c3ccc(F)cc3)C2=O)c1C. The Labute approximate surface area is 191 Å². The van der Waals surface area contributed by atoms with E-state index in [-0.39, 0.29) is 10.7 Å². The molecule has 7 heteroatoms. The number of nitrogens with zero attached hydrogens (tertiary/aromatic N) is 2. The van der Waals surface area contributed by atoms with Crippen molar-refractivity contribution < 1.29 is 14.0 Å². The summed E-state index contributed by atoms with van der Waals surface area (Å²) in [5, 5.41) is 2.53. The first-order chi connectivity index (χ1) is 15.3. The summed E-state index contributed by atoms with van der Waals surface area (Å²) in [6, 6.07) is 15.5. The molecule has 0 spiro atoms. The van der Waals surface area contributed by atoms with Gasteiger partial charge in [-0.1, -0.05) is 25.1 Å². The molecule has 2 aromatic carbocycles. The molecule has 4 rings (SSSR count). The topological polar surface area (TPSA) is 54.3 Å². The van der Waals surface area contributed by atoms with E-state index < -0.39 is 17.6 Å². The van der Waals surface area contributed by atoms with Gasteiger partial charge in [0.1, 0.15) is 11.4 Å². The van der Waals surface area contributed by atoms with Crippen molar-refractivity contribution in [1.29, 1.82) is 0 Å². The Bertz CT molecular complexity index is 1270. The molecule has 0 bridgehead atoms. The Kier molecular flexibility index (Phi) is 5.76. The van der Waals surface area contributed by atoms with Crippen LogP contribution in [0.3, 0.4) is 0 Å². The summed E-state index contributed by atoms with van der Waals surface area (Å²) in [4.78, 5) is 27.1. The molecule has 5 nitrogen and oxygen atoms in total. The lowest BCUT2D eigenvalue weighted by Gasteiger charge is -2.28. The summed E-state index contributed by atoms with van der Waals surface area (Å²) in [6.07, 6.45) is 2.47. The first kappa shape index (κ1) is 21.6. The van der Waals surface area contributed by atoms with Crippen LogP contribution in [0.25, 0.3) is 11.8 Å². The van der Waals surface area contributed by atoms with Gasteiger partial charge in [-0.3, -0.25) is 19.8 Å². The van der Waals surface area contributed by atoms with Crippen LogP contribution in [0.4, 0.5) is 10.1 Å². The molecule has 1 aromatic heterocycles. The van der Waals surface area contributed by atoms with Crippen LogP contribution in [0.15, 0.2) is 60.2 Å². The summed E-state index contributed by atoms with van der Waals surface area (Å²) in [7, 11) is 0. The van der Waals surface area contributed by atoms with Gasteiger partial charge < -0.3 is 4.57 Å². The van der Waals surface area contributed by atoms with Gasteiger partial charge in [-0.2, -0.15) is 0 Å². The predicted octanol–water partition coefficient (Wildman–Crippen LogP) is 4.63. The molecule has 0 atom stereocenters. The Morgan fingerprint density at radius 1 is 1.06 bits per heavy atom. The molecule has 32 heavy (non-hydrogen) atoms. The molecule has 3 aromatic rings. The van der Waals surface area contributed by atoms with Crippen molar-refractivity contribution in [2.24, 2.45) is 0 Å². The van der Waals surface area contributed by atoms with Gasteiger partial charge in [0.25, 0.3) is 11.8 Å². The minimum atomic E-state index is -0.558. The molecule has 1 N–H and O–H groups in total. The zero-order valence-corrected chi connectivity index (χ0v) is 18.8. The fourth-order valence-electron chi connectivity index (χ4n) is 3.97. The number of aromatic nitrogens is 1. The Hall–Kier alpha value is -3.58. The maximum absolute atomic E-state index is 13.3. The molecule has 1 fully saturated rings. The zero-order chi connectivity index (χ0) is 23.0. The number of rotatable bonds is 4. The number of nitrogens with one attached hydrogen (secondary N) is 1. The van der Waals surface area contributed by atoms with Crippen LogP contribution in [-0.2, 0) is 16.0 Å². The molecule has 1 aliphatic heterocycles. The standard InChI is InChI=1S/C25H22FN3O2S/c1-4-17-7-5-6-8-22(17)28-15(2)13-18(16(28)3)14-21-23(30)27-25(32)29(24(21)31)20-11-9-19(26)10-12-20/h5-14H,4H2,1-3H3,(H,27,30,32). The van der Waals surface area contributed by atoms with Crippen LogP contribution >= 0.6 is 12.2 Å². The van der Waals surface area contributed by atoms with Gasteiger partial charge in [0.15, 0.2) is 5.11 Å². The number of amides is 2. The fourth-order valence-corrected chi connectivity index (χ4v) is 4.25. The highest BCUT2D eigenvalue weighted by atomic mass is 32.1. The Morgan fingerprint density at radius 2 is 1.75 bits per heavy atom. The molecule has 1 aliphatic rings. The number of aryl methyl sites for hydroxylation is 2. The second-order valence-electron chi connectivity index (χ2n) is 7.58. The third-order valence-electron chi connectivity index (χ3n) is 5.57. The number of benzene rings is 2. The van der Waals surface area contributed by atoms with E-state index in [1.165, 1.54) is 34.7 Å². The molecule has 0 saturated carbocycles. The van der Waals surface area contributed by atoms with E-state index in [0.717, 1.165) is 29.1 Å². The Morgan fingerprint density at radius 3 is 2.44 bits per heavy atom. The lowest BCUT2D eigenvalue weighted by molar-refractivity contribution is -0.122. The molecular formula is C25H22FN3O2S. The Balaban J connectivity index is 1.78. The van der Waals surface area contributed by atoms with Crippen molar-refractivity contribution in [2.45, 2.75) is 27.2 Å². The highest BCUT2D eigenvalue weighted by Crippen LogP contribution is 2.27. The normalized spacial score (nSPS) is 15.4. The number of carbonyl (C=O) groups is 2. The third kappa shape index (κ3) is 3.76. The number of anilines is 1. The van der Waals surface area contributed by atoms with Crippen LogP contribution in [0.5, 0.6) is 0 Å². The maximum Gasteiger partial charge on any atom is 0.270 e. The highest BCUT2D eigenvalue weighted by molar-refractivity contribution is 7.80. The van der Waals surface area contributed by atoms with E-state index in [9.17, 15) is 14.0 Å². The molecule has 2 heterocycles. The summed E-state index contributed by atoms with van der Waals surface area (Å²) in [5.74, 6) is -1.54. The van der Waals surface area contributed by atoms with E-state index >= 15 is 0 Å². The zero-order valence-electron chi connectivity index (χ0n) is 18.0. The smallest absolute Gasteiger partial charge is 0.270 e. The van der Waals surface area contributed by atoms with Crippen molar-refractivity contribution in [3.63, 3.8) is 0 Å². The van der Waals surface area contributed by atoms with Gasteiger partial charge in [0.05, 0.1) is 5.69 Å². The van der Waals surface area contributed by atoms with Crippen molar-refractivity contribution in [2.75, 3.05) is 4.90 Å². The number of carbonyl (C=O) groups excluding carboxylic acids is 2. The first-order valence-electron chi connectivity index (χ1n) is 10.3. The predicted molar refractivity (Wildman–Crippen MR) is 127 cm³/mol. The molecule has 2 amide bonds. The van der Waals surface area contributed by atoms with Crippen LogP contribution in [-0.4, -0.2) is 21.5 Å². The van der Waals surface area contributed by atoms with Crippen molar-refractivity contribution in [3.8, 4) is 5.69 Å². The summed E-state index contributed by atoms with van der Waals surface area (Å²) in [6.45, 7) is 6.05. The first-order valence-corrected chi connectivity index (χ1v) is 10.7. The van der Waals surface area contributed by atoms with Crippen LogP contribution in [0.2, 0.25) is 0 Å². The van der Waals surface area contributed by atoms with E-state index in [2.05, 4.69) is 28.9 Å². The van der Waals surface area contributed by atoms with Gasteiger partial charge in [-0.15, -0.1) is 0 Å². The van der Waals surface area contributed by atoms with Crippen molar-refractivity contribution >= 4 is 40.9 Å². The van der Waals surface area contributed by atoms with E-state index in [1.807, 2.05) is 32.0 Å². The molecule has 0 radical (unpaired) electrons. The van der Waals surface area contributed by atoms with Gasteiger partial charge >= 0.3 is 0 Å². The number of para-hydroxylation sites is 1. The van der Waals surface area contributed by atoms with E-state index in [1.54, 1.807) is 6.08 Å². The molecule has 1 saturated heterocycles. The van der Waals surface area contributed by atoms with Crippen molar-refractivity contribution in [3.05, 3.63) is 88.5 Å². The lowest BCUT2D eigenvalue weighted by Crippen LogP contribution is -2.54. The second-order valence-corrected chi connectivity index (χ2v) is 7.97. The minimum absolute atomic E-state index is 0.0352. The van der Waals surface area contributed by atoms with Gasteiger partial charge in [-0.25, -0.2) is 4.39 Å².